The zero-order valence-corrected chi connectivity index (χ0v) is 17.5. The Hall–Kier alpha value is -1.61. The second-order valence-electron chi connectivity index (χ2n) is 5.56. The molecule has 2 aromatic carbocycles. The van der Waals surface area contributed by atoms with Crippen molar-refractivity contribution in [2.75, 3.05) is 21.5 Å². The number of sulfonamides is 1. The summed E-state index contributed by atoms with van der Waals surface area (Å²) < 4.78 is 27.1. The van der Waals surface area contributed by atoms with Crippen LogP contribution in [0.5, 0.6) is 0 Å². The van der Waals surface area contributed by atoms with Crippen molar-refractivity contribution in [3.8, 4) is 0 Å². The van der Waals surface area contributed by atoms with Crippen molar-refractivity contribution in [2.45, 2.75) is 5.75 Å². The lowest BCUT2D eigenvalue weighted by Gasteiger charge is -2.21. The number of fused-ring (bicyclic) bond motifs is 1. The quantitative estimate of drug-likeness (QED) is 0.497. The van der Waals surface area contributed by atoms with Crippen LogP contribution in [-0.4, -0.2) is 20.1 Å². The summed E-state index contributed by atoms with van der Waals surface area (Å²) in [5, 5.41) is 6.90. The average Bonchev–Trinajstić information content (AvgIpc) is 2.85. The molecule has 0 bridgehead atoms. The minimum absolute atomic E-state index is 0.144. The van der Waals surface area contributed by atoms with Gasteiger partial charge in [0.05, 0.1) is 29.4 Å². The molecule has 0 saturated heterocycles. The van der Waals surface area contributed by atoms with Gasteiger partial charge in [0.25, 0.3) is 0 Å². The third-order valence-electron chi connectivity index (χ3n) is 3.80. The smallest absolute Gasteiger partial charge is 0.239 e. The largest absolute Gasteiger partial charge is 0.332 e. The number of rotatable bonds is 4. The number of thiocarbonyl (C=S) groups is 1. The van der Waals surface area contributed by atoms with Crippen molar-refractivity contribution >= 4 is 71.9 Å². The first-order valence-corrected chi connectivity index (χ1v) is 10.8. The molecule has 0 atom stereocenters. The molecule has 9 heteroatoms. The topological polar surface area (TPSA) is 61.4 Å². The highest BCUT2D eigenvalue weighted by atomic mass is 79.9. The highest BCUT2D eigenvalue weighted by Crippen LogP contribution is 2.43. The summed E-state index contributed by atoms with van der Waals surface area (Å²) in [4.78, 5) is 0. The van der Waals surface area contributed by atoms with Crippen LogP contribution in [0.25, 0.3) is 0 Å². The standard InChI is InChI=1S/C17H15BrClN3O2S2/c1-2-9-22-16-11(10-26(22,23)24)13(19)7-8-15(16)21-17(25)20-14-6-4-3-5-12(14)18/h2-8H,1,9-10H2,(H2,20,21,25). The predicted molar refractivity (Wildman–Crippen MR) is 116 cm³/mol. The molecule has 0 spiro atoms. The predicted octanol–water partition coefficient (Wildman–Crippen LogP) is 4.75. The lowest BCUT2D eigenvalue weighted by molar-refractivity contribution is 0.595. The molecular formula is C17H15BrClN3O2S2. The van der Waals surface area contributed by atoms with Gasteiger partial charge in [-0.1, -0.05) is 29.8 Å². The summed E-state index contributed by atoms with van der Waals surface area (Å²) >= 11 is 15.0. The maximum Gasteiger partial charge on any atom is 0.239 e. The third-order valence-corrected chi connectivity index (χ3v) is 6.71. The molecule has 2 N–H and O–H groups in total. The lowest BCUT2D eigenvalue weighted by atomic mass is 10.1. The van der Waals surface area contributed by atoms with Crippen molar-refractivity contribution < 1.29 is 8.42 Å². The summed E-state index contributed by atoms with van der Waals surface area (Å²) in [6.45, 7) is 3.80. The number of anilines is 3. The fourth-order valence-electron chi connectivity index (χ4n) is 2.69. The van der Waals surface area contributed by atoms with E-state index < -0.39 is 10.0 Å². The Morgan fingerprint density at radius 3 is 2.65 bits per heavy atom. The van der Waals surface area contributed by atoms with Crippen LogP contribution in [-0.2, 0) is 15.8 Å². The summed E-state index contributed by atoms with van der Waals surface area (Å²) in [7, 11) is -3.49. The highest BCUT2D eigenvalue weighted by molar-refractivity contribution is 9.10. The van der Waals surface area contributed by atoms with Gasteiger partial charge in [0.1, 0.15) is 0 Å². The van der Waals surface area contributed by atoms with Crippen LogP contribution in [0, 0.1) is 0 Å². The number of nitrogens with one attached hydrogen (secondary N) is 2. The molecule has 1 heterocycles. The molecule has 0 radical (unpaired) electrons. The van der Waals surface area contributed by atoms with E-state index in [1.54, 1.807) is 12.1 Å². The van der Waals surface area contributed by atoms with Gasteiger partial charge in [-0.2, -0.15) is 0 Å². The first-order valence-electron chi connectivity index (χ1n) is 7.58. The lowest BCUT2D eigenvalue weighted by Crippen LogP contribution is -2.28. The zero-order chi connectivity index (χ0) is 18.9. The van der Waals surface area contributed by atoms with Crippen molar-refractivity contribution in [3.05, 3.63) is 64.1 Å². The van der Waals surface area contributed by atoms with Crippen molar-refractivity contribution in [3.63, 3.8) is 0 Å². The molecule has 0 saturated carbocycles. The number of benzene rings is 2. The van der Waals surface area contributed by atoms with Gasteiger partial charge < -0.3 is 10.6 Å². The molecule has 0 aliphatic carbocycles. The number of hydrogen-bond acceptors (Lipinski definition) is 3. The Bertz CT molecular complexity index is 995. The normalized spacial score (nSPS) is 14.6. The van der Waals surface area contributed by atoms with Gasteiger partial charge in [-0.25, -0.2) is 8.42 Å². The minimum Gasteiger partial charge on any atom is -0.332 e. The summed E-state index contributed by atoms with van der Waals surface area (Å²) in [6.07, 6.45) is 1.54. The molecule has 136 valence electrons. The molecule has 0 fully saturated rings. The first-order chi connectivity index (χ1) is 12.3. The van der Waals surface area contributed by atoms with E-state index in [4.69, 9.17) is 23.8 Å². The van der Waals surface area contributed by atoms with Crippen LogP contribution in [0.4, 0.5) is 17.1 Å². The van der Waals surface area contributed by atoms with E-state index in [0.29, 0.717) is 27.1 Å². The Morgan fingerprint density at radius 1 is 1.27 bits per heavy atom. The zero-order valence-electron chi connectivity index (χ0n) is 13.5. The summed E-state index contributed by atoms with van der Waals surface area (Å²) in [5.74, 6) is -0.144. The van der Waals surface area contributed by atoms with Crippen LogP contribution < -0.4 is 14.9 Å². The van der Waals surface area contributed by atoms with E-state index in [-0.39, 0.29) is 12.3 Å². The average molecular weight is 473 g/mol. The van der Waals surface area contributed by atoms with E-state index >= 15 is 0 Å². The van der Waals surface area contributed by atoms with Gasteiger partial charge in [0, 0.05) is 15.1 Å². The van der Waals surface area contributed by atoms with Gasteiger partial charge in [-0.3, -0.25) is 4.31 Å². The minimum atomic E-state index is -3.49. The van der Waals surface area contributed by atoms with Crippen molar-refractivity contribution in [1.82, 2.24) is 0 Å². The molecular weight excluding hydrogens is 458 g/mol. The SMILES string of the molecule is C=CCN1c2c(NC(=S)Nc3ccccc3Br)ccc(Cl)c2CS1(=O)=O. The Balaban J connectivity index is 1.93. The fraction of sp³-hybridized carbons (Fsp3) is 0.118. The Labute approximate surface area is 171 Å². The molecule has 26 heavy (non-hydrogen) atoms. The summed E-state index contributed by atoms with van der Waals surface area (Å²) in [6, 6.07) is 10.9. The Kier molecular flexibility index (Phi) is 5.57. The van der Waals surface area contributed by atoms with Crippen LogP contribution >= 0.6 is 39.7 Å². The van der Waals surface area contributed by atoms with E-state index in [2.05, 4.69) is 33.1 Å². The van der Waals surface area contributed by atoms with Crippen molar-refractivity contribution in [1.29, 1.82) is 0 Å². The number of para-hydroxylation sites is 1. The molecule has 3 rings (SSSR count). The van der Waals surface area contributed by atoms with E-state index in [9.17, 15) is 8.42 Å². The van der Waals surface area contributed by atoms with Crippen molar-refractivity contribution in [2.24, 2.45) is 0 Å². The molecule has 5 nitrogen and oxygen atoms in total. The molecule has 1 aliphatic heterocycles. The number of nitrogens with zero attached hydrogens (tertiary/aromatic N) is 1. The van der Waals surface area contributed by atoms with Crippen LogP contribution in [0.15, 0.2) is 53.5 Å². The summed E-state index contributed by atoms with van der Waals surface area (Å²) in [5.41, 5.74) is 2.43. The second-order valence-corrected chi connectivity index (χ2v) is 9.12. The van der Waals surface area contributed by atoms with Gasteiger partial charge >= 0.3 is 0 Å². The monoisotopic (exact) mass is 471 g/mol. The Morgan fingerprint density at radius 2 is 1.96 bits per heavy atom. The first kappa shape index (κ1) is 19.2. The molecule has 0 amide bonds. The highest BCUT2D eigenvalue weighted by Gasteiger charge is 2.36. The third kappa shape index (κ3) is 3.73. The molecule has 0 unspecified atom stereocenters. The van der Waals surface area contributed by atoms with E-state index in [1.165, 1.54) is 10.4 Å². The number of hydrogen-bond donors (Lipinski definition) is 2. The maximum absolute atomic E-state index is 12.5. The van der Waals surface area contributed by atoms with Crippen LogP contribution in [0.3, 0.4) is 0 Å². The maximum atomic E-state index is 12.5. The second kappa shape index (κ2) is 7.56. The van der Waals surface area contributed by atoms with Gasteiger partial charge in [0.2, 0.25) is 10.0 Å². The fourth-order valence-corrected chi connectivity index (χ4v) is 5.23. The molecule has 0 aromatic heterocycles. The van der Waals surface area contributed by atoms with Gasteiger partial charge in [-0.05, 0) is 52.4 Å². The van der Waals surface area contributed by atoms with E-state index in [0.717, 1.165) is 10.2 Å². The molecule has 2 aromatic rings. The van der Waals surface area contributed by atoms with Crippen LogP contribution in [0.2, 0.25) is 5.02 Å². The van der Waals surface area contributed by atoms with E-state index in [1.807, 2.05) is 24.3 Å². The van der Waals surface area contributed by atoms with Crippen LogP contribution in [0.1, 0.15) is 5.56 Å². The number of halogens is 2. The molecule has 1 aliphatic rings. The van der Waals surface area contributed by atoms with Gasteiger partial charge in [0.15, 0.2) is 5.11 Å². The van der Waals surface area contributed by atoms with Gasteiger partial charge in [-0.15, -0.1) is 6.58 Å².